The van der Waals surface area contributed by atoms with Gasteiger partial charge in [-0.3, -0.25) is 0 Å². The van der Waals surface area contributed by atoms with Crippen LogP contribution in [0.2, 0.25) is 28.2 Å². The predicted octanol–water partition coefficient (Wildman–Crippen LogP) is 14.5. The number of aliphatic carboxylic acids is 1. The van der Waals surface area contributed by atoms with Crippen molar-refractivity contribution >= 4 is 22.8 Å². The fraction of sp³-hybridized carbons (Fsp3) is 0.787. The summed E-state index contributed by atoms with van der Waals surface area (Å²) in [4.78, 5) is 11.2. The Morgan fingerprint density at radius 2 is 1.47 bits per heavy atom. The Morgan fingerprint density at radius 1 is 0.827 bits per heavy atom. The fourth-order valence-electron chi connectivity index (χ4n) is 12.2. The quantitative estimate of drug-likeness (QED) is 0.0513. The molecule has 3 fully saturated rings. The first-order chi connectivity index (χ1) is 34.9. The minimum absolute atomic E-state index is 0.00129. The maximum Gasteiger partial charge on any atom is 0.349 e. The molecule has 0 unspecified atom stereocenters. The van der Waals surface area contributed by atoms with Crippen LogP contribution in [0.15, 0.2) is 60.2 Å². The van der Waals surface area contributed by atoms with Crippen LogP contribution in [-0.2, 0) is 46.5 Å². The summed E-state index contributed by atoms with van der Waals surface area (Å²) in [6, 6.07) is 8.05. The van der Waals surface area contributed by atoms with E-state index in [1.807, 2.05) is 33.3 Å². The van der Waals surface area contributed by atoms with Crippen LogP contribution in [0.25, 0.3) is 0 Å². The zero-order valence-corrected chi connectivity index (χ0v) is 52.2. The summed E-state index contributed by atoms with van der Waals surface area (Å²) in [5.41, 5.74) is 1.83. The third-order valence-corrected chi connectivity index (χ3v) is 27.3. The lowest BCUT2D eigenvalue weighted by molar-refractivity contribution is -0.280. The predicted molar refractivity (Wildman–Crippen MR) is 305 cm³/mol. The summed E-state index contributed by atoms with van der Waals surface area (Å²) >= 11 is 0. The Balaban J connectivity index is 1.40. The number of carboxylic acid groups (broad SMARTS) is 1. The topological polar surface area (TPSA) is 130 Å². The molecule has 0 bridgehead atoms. The number of hydrogen-bond donors (Lipinski definition) is 1. The van der Waals surface area contributed by atoms with E-state index in [1.54, 1.807) is 13.2 Å². The molecule has 428 valence electrons. The van der Waals surface area contributed by atoms with E-state index >= 15 is 0 Å². The number of allylic oxidation sites excluding steroid dienone is 2. The highest BCUT2D eigenvalue weighted by Gasteiger charge is 2.65. The third kappa shape index (κ3) is 16.7. The monoisotopic (exact) mass is 1080 g/mol. The third-order valence-electron chi connectivity index (χ3n) is 17.6. The van der Waals surface area contributed by atoms with Crippen LogP contribution in [0.1, 0.15) is 173 Å². The van der Waals surface area contributed by atoms with E-state index in [-0.39, 0.29) is 106 Å². The smallest absolute Gasteiger partial charge is 0.349 e. The van der Waals surface area contributed by atoms with Crippen molar-refractivity contribution in [2.75, 3.05) is 21.3 Å². The van der Waals surface area contributed by atoms with Gasteiger partial charge in [0.15, 0.2) is 14.6 Å². The minimum atomic E-state index is -2.99. The second kappa shape index (κ2) is 26.8. The molecule has 3 saturated heterocycles. The van der Waals surface area contributed by atoms with Gasteiger partial charge in [-0.1, -0.05) is 132 Å². The first kappa shape index (κ1) is 63.6. The van der Waals surface area contributed by atoms with E-state index in [9.17, 15) is 9.90 Å². The van der Waals surface area contributed by atoms with Gasteiger partial charge in [-0.15, -0.1) is 0 Å². The molecule has 0 aromatic heterocycles. The molecule has 4 heterocycles. The fourth-order valence-corrected chi connectivity index (χ4v) is 19.0. The minimum Gasteiger partial charge on any atom is -0.497 e. The van der Waals surface area contributed by atoms with Crippen LogP contribution in [0.4, 0.5) is 0 Å². The second-order valence-electron chi connectivity index (χ2n) is 26.6. The van der Waals surface area contributed by atoms with Crippen molar-refractivity contribution in [3.8, 4) is 5.75 Å². The van der Waals surface area contributed by atoms with Crippen LogP contribution in [-0.4, -0.2) is 116 Å². The Labute approximate surface area is 457 Å². The number of ether oxygens (including phenoxy) is 7. The summed E-state index contributed by atoms with van der Waals surface area (Å²) < 4.78 is 68.0. The average molecular weight is 1090 g/mol. The molecule has 4 aliphatic rings. The first-order valence-corrected chi connectivity index (χ1v) is 33.2. The molecular formula is C61H104O12Si2. The van der Waals surface area contributed by atoms with Gasteiger partial charge in [0.1, 0.15) is 5.75 Å². The van der Waals surface area contributed by atoms with Crippen molar-refractivity contribution in [1.29, 1.82) is 0 Å². The molecule has 0 radical (unpaired) electrons. The van der Waals surface area contributed by atoms with Gasteiger partial charge in [0, 0.05) is 73.0 Å². The normalized spacial score (nSPS) is 31.4. The maximum atomic E-state index is 11.2. The molecule has 0 amide bonds. The molecule has 0 spiro atoms. The lowest BCUT2D eigenvalue weighted by atomic mass is 9.78. The van der Waals surface area contributed by atoms with Gasteiger partial charge < -0.3 is 51.5 Å². The van der Waals surface area contributed by atoms with E-state index in [0.29, 0.717) is 25.7 Å². The van der Waals surface area contributed by atoms with Gasteiger partial charge >= 0.3 is 14.5 Å². The van der Waals surface area contributed by atoms with Gasteiger partial charge in [-0.05, 0) is 88.6 Å². The second-order valence-corrected chi connectivity index (χ2v) is 36.0. The summed E-state index contributed by atoms with van der Waals surface area (Å²) in [5.74, 6) is 0.177. The van der Waals surface area contributed by atoms with E-state index in [4.69, 9.17) is 46.4 Å². The van der Waals surface area contributed by atoms with Crippen LogP contribution in [0, 0.1) is 23.7 Å². The molecule has 75 heavy (non-hydrogen) atoms. The highest BCUT2D eigenvalue weighted by atomic mass is 28.4. The summed E-state index contributed by atoms with van der Waals surface area (Å²) in [5, 5.41) is 8.82. The lowest BCUT2D eigenvalue weighted by Crippen LogP contribution is -2.68. The molecule has 14 heteroatoms. The molecule has 1 aromatic carbocycles. The molecule has 16 atom stereocenters. The molecule has 4 aliphatic heterocycles. The zero-order chi connectivity index (χ0) is 55.8. The van der Waals surface area contributed by atoms with Crippen molar-refractivity contribution in [3.05, 3.63) is 65.8 Å². The summed E-state index contributed by atoms with van der Waals surface area (Å²) in [7, 11) is 0.179. The lowest BCUT2D eigenvalue weighted by Gasteiger charge is -2.59. The van der Waals surface area contributed by atoms with Gasteiger partial charge in [-0.2, -0.15) is 0 Å². The Bertz CT molecular complexity index is 2000. The largest absolute Gasteiger partial charge is 0.497 e. The molecule has 0 aliphatic carbocycles. The SMILES string of the molecule is COc1ccc([C@@H]2O[C@H]([C@H](C)[C@H](C[C@@H]3CC=C[C@@H](C[C@H](C/C=C(C)/C=C/C(=O)O)O[Si](C)(C)C(C)(C)C)O3)OC)C[C@H]([C@H](C)[C@@H]3O[Si](C(C)(C)C)(C(C)(C)C)O[C@@H]([C@@H](C)CC[C@H]4C[C@H](OC)C[C@H](C)O4)[C@@H]3C)O2)cc1. The maximum absolute atomic E-state index is 11.2. The van der Waals surface area contributed by atoms with Gasteiger partial charge in [0.05, 0.1) is 74.3 Å². The Kier molecular flexibility index (Phi) is 22.8. The van der Waals surface area contributed by atoms with E-state index in [0.717, 1.165) is 49.0 Å². The molecule has 12 nitrogen and oxygen atoms in total. The molecule has 0 saturated carbocycles. The number of carboxylic acids is 1. The standard InChI is InChI=1S/C61H104O12Si2/c1-39(25-33-55(62)63)24-29-50(71-74(19,20)59(7,8)9)35-47-22-21-23-48(68-47)37-52(66-18)42(4)53-38-54(70-58(69-53)45-27-31-46(64-16)32-28-45)43(5)57-44(6)56(72-75(73-57,60(10,11)12)61(13,14)15)40(2)26-30-49-36-51(65-17)34-41(3)67-49/h21-22,24-25,27-28,31-33,40-44,47-54,56-58H,23,26,29-30,34-38H2,1-20H3,(H,62,63)/b33-25+,39-24+/t40-,41-,42+,43-,44-,47-,48-,49-,50-,51+,52-,53-,54+,56-,57-,58+/m0/s1. The van der Waals surface area contributed by atoms with E-state index in [1.165, 1.54) is 6.08 Å². The Morgan fingerprint density at radius 3 is 2.05 bits per heavy atom. The number of hydrogen-bond acceptors (Lipinski definition) is 11. The number of benzene rings is 1. The van der Waals surface area contributed by atoms with Crippen molar-refractivity contribution in [3.63, 3.8) is 0 Å². The van der Waals surface area contributed by atoms with Crippen molar-refractivity contribution < 1.29 is 56.3 Å². The zero-order valence-electron chi connectivity index (χ0n) is 50.2. The highest BCUT2D eigenvalue weighted by Crippen LogP contribution is 2.58. The van der Waals surface area contributed by atoms with Crippen molar-refractivity contribution in [1.82, 2.24) is 0 Å². The first-order valence-electron chi connectivity index (χ1n) is 28.5. The molecule has 1 aromatic rings. The van der Waals surface area contributed by atoms with E-state index in [2.05, 4.69) is 140 Å². The van der Waals surface area contributed by atoms with Crippen LogP contribution >= 0.6 is 0 Å². The molecule has 5 rings (SSSR count). The summed E-state index contributed by atoms with van der Waals surface area (Å²) in [6.45, 7) is 38.7. The van der Waals surface area contributed by atoms with Crippen LogP contribution < -0.4 is 4.74 Å². The van der Waals surface area contributed by atoms with Gasteiger partial charge in [0.2, 0.25) is 0 Å². The molecular weight excluding hydrogens is 981 g/mol. The number of methoxy groups -OCH3 is 3. The Hall–Kier alpha value is -2.22. The van der Waals surface area contributed by atoms with Crippen molar-refractivity contribution in [2.24, 2.45) is 23.7 Å². The number of rotatable bonds is 22. The number of carbonyl (C=O) groups is 1. The van der Waals surface area contributed by atoms with E-state index < -0.39 is 29.1 Å². The highest BCUT2D eigenvalue weighted by molar-refractivity contribution is 6.74. The van der Waals surface area contributed by atoms with Crippen LogP contribution in [0.3, 0.4) is 0 Å². The average Bonchev–Trinajstić information content (AvgIpc) is 3.34. The van der Waals surface area contributed by atoms with Gasteiger partial charge in [-0.25, -0.2) is 4.79 Å². The van der Waals surface area contributed by atoms with Crippen LogP contribution in [0.5, 0.6) is 5.75 Å². The molecule has 1 N–H and O–H groups in total. The summed E-state index contributed by atoms with van der Waals surface area (Å²) in [6.07, 6.45) is 15.6. The van der Waals surface area contributed by atoms with Crippen molar-refractivity contribution in [2.45, 2.75) is 263 Å². The van der Waals surface area contributed by atoms with Gasteiger partial charge in [0.25, 0.3) is 0 Å².